The molecule has 1 heterocycles. The van der Waals surface area contributed by atoms with Crippen molar-refractivity contribution in [3.8, 4) is 0 Å². The Bertz CT molecular complexity index is 592. The Labute approximate surface area is 111 Å². The zero-order chi connectivity index (χ0) is 13.8. The number of methoxy groups -OCH3 is 1. The first-order chi connectivity index (χ1) is 9.10. The first kappa shape index (κ1) is 12.9. The second-order valence-corrected chi connectivity index (χ2v) is 4.17. The van der Waals surface area contributed by atoms with Crippen LogP contribution in [0.15, 0.2) is 30.6 Å². The summed E-state index contributed by atoms with van der Waals surface area (Å²) in [6.07, 6.45) is 3.71. The number of nitrogens with one attached hydrogen (secondary N) is 1. The van der Waals surface area contributed by atoms with Crippen LogP contribution < -0.4 is 11.1 Å². The van der Waals surface area contributed by atoms with Crippen LogP contribution >= 0.6 is 0 Å². The molecule has 1 aromatic heterocycles. The smallest absolute Gasteiger partial charge is 0.340 e. The van der Waals surface area contributed by atoms with Gasteiger partial charge in [-0.2, -0.15) is 5.10 Å². The molecule has 0 aliphatic rings. The van der Waals surface area contributed by atoms with Crippen molar-refractivity contribution in [2.45, 2.75) is 6.54 Å². The fourth-order valence-electron chi connectivity index (χ4n) is 1.72. The van der Waals surface area contributed by atoms with Crippen LogP contribution in [0.5, 0.6) is 0 Å². The van der Waals surface area contributed by atoms with Crippen molar-refractivity contribution >= 4 is 17.3 Å². The van der Waals surface area contributed by atoms with Gasteiger partial charge in [-0.25, -0.2) is 4.79 Å². The van der Waals surface area contributed by atoms with Crippen LogP contribution in [0.4, 0.5) is 11.4 Å². The first-order valence-electron chi connectivity index (χ1n) is 5.79. The predicted octanol–water partition coefficient (Wildman–Crippen LogP) is 1.40. The molecule has 0 bridgehead atoms. The van der Waals surface area contributed by atoms with E-state index in [4.69, 9.17) is 5.73 Å². The molecular formula is C13H16N4O2. The lowest BCUT2D eigenvalue weighted by molar-refractivity contribution is 0.0602. The van der Waals surface area contributed by atoms with Crippen molar-refractivity contribution in [2.24, 2.45) is 7.05 Å². The molecule has 3 N–H and O–H groups in total. The number of ether oxygens (including phenoxy) is 1. The quantitative estimate of drug-likeness (QED) is 0.641. The zero-order valence-corrected chi connectivity index (χ0v) is 10.9. The Morgan fingerprint density at radius 1 is 1.53 bits per heavy atom. The number of nitrogen functional groups attached to an aromatic ring is 1. The molecule has 2 aromatic rings. The van der Waals surface area contributed by atoms with Crippen LogP contribution in [-0.4, -0.2) is 22.9 Å². The van der Waals surface area contributed by atoms with Crippen molar-refractivity contribution in [3.05, 3.63) is 41.7 Å². The largest absolute Gasteiger partial charge is 0.465 e. The Balaban J connectivity index is 2.10. The summed E-state index contributed by atoms with van der Waals surface area (Å²) in [5, 5.41) is 7.29. The third-order valence-corrected chi connectivity index (χ3v) is 2.71. The molecule has 1 aromatic carbocycles. The van der Waals surface area contributed by atoms with Crippen LogP contribution in [-0.2, 0) is 18.3 Å². The monoisotopic (exact) mass is 260 g/mol. The number of carbonyl (C=O) groups is 1. The summed E-state index contributed by atoms with van der Waals surface area (Å²) in [7, 11) is 3.19. The molecule has 0 saturated heterocycles. The van der Waals surface area contributed by atoms with E-state index in [1.54, 1.807) is 23.0 Å². The first-order valence-corrected chi connectivity index (χ1v) is 5.79. The van der Waals surface area contributed by atoms with Gasteiger partial charge in [-0.15, -0.1) is 0 Å². The van der Waals surface area contributed by atoms with Gasteiger partial charge in [-0.1, -0.05) is 0 Å². The maximum absolute atomic E-state index is 11.5. The van der Waals surface area contributed by atoms with Gasteiger partial charge in [-0.3, -0.25) is 4.68 Å². The normalized spacial score (nSPS) is 10.2. The average Bonchev–Trinajstić information content (AvgIpc) is 2.83. The molecule has 0 aliphatic carbocycles. The fraction of sp³-hybridized carbons (Fsp3) is 0.231. The van der Waals surface area contributed by atoms with Gasteiger partial charge < -0.3 is 15.8 Å². The molecule has 0 fully saturated rings. The van der Waals surface area contributed by atoms with Gasteiger partial charge in [0.25, 0.3) is 0 Å². The number of carbonyl (C=O) groups excluding carboxylic acids is 1. The number of rotatable bonds is 4. The number of aromatic nitrogens is 2. The molecule has 0 amide bonds. The zero-order valence-electron chi connectivity index (χ0n) is 10.9. The molecule has 0 unspecified atom stereocenters. The highest BCUT2D eigenvalue weighted by Crippen LogP contribution is 2.19. The van der Waals surface area contributed by atoms with E-state index in [-0.39, 0.29) is 0 Å². The van der Waals surface area contributed by atoms with Crippen molar-refractivity contribution in [1.29, 1.82) is 0 Å². The lowest BCUT2D eigenvalue weighted by atomic mass is 10.1. The Morgan fingerprint density at radius 3 is 2.95 bits per heavy atom. The maximum atomic E-state index is 11.5. The second-order valence-electron chi connectivity index (χ2n) is 4.17. The topological polar surface area (TPSA) is 82.2 Å². The highest BCUT2D eigenvalue weighted by Gasteiger charge is 2.10. The van der Waals surface area contributed by atoms with E-state index in [0.717, 1.165) is 11.3 Å². The standard InChI is InChI=1S/C13H16N4O2/c1-17-8-9(7-16-17)6-15-10-3-4-12(14)11(5-10)13(18)19-2/h3-5,7-8,15H,6,14H2,1-2H3. The van der Waals surface area contributed by atoms with Gasteiger partial charge in [0, 0.05) is 36.7 Å². The van der Waals surface area contributed by atoms with Gasteiger partial charge in [-0.05, 0) is 18.2 Å². The summed E-state index contributed by atoms with van der Waals surface area (Å²) in [6.45, 7) is 0.623. The summed E-state index contributed by atoms with van der Waals surface area (Å²) in [6, 6.07) is 5.17. The maximum Gasteiger partial charge on any atom is 0.340 e. The van der Waals surface area contributed by atoms with Crippen LogP contribution in [0, 0.1) is 0 Å². The predicted molar refractivity (Wildman–Crippen MR) is 72.7 cm³/mol. The van der Waals surface area contributed by atoms with Gasteiger partial charge in [0.2, 0.25) is 0 Å². The number of nitrogens with zero attached hydrogens (tertiary/aromatic N) is 2. The lowest BCUT2D eigenvalue weighted by Crippen LogP contribution is -2.07. The van der Waals surface area contributed by atoms with Crippen molar-refractivity contribution in [1.82, 2.24) is 9.78 Å². The van der Waals surface area contributed by atoms with Gasteiger partial charge in [0.1, 0.15) is 0 Å². The van der Waals surface area contributed by atoms with E-state index in [9.17, 15) is 4.79 Å². The number of aryl methyl sites for hydroxylation is 1. The van der Waals surface area contributed by atoms with E-state index >= 15 is 0 Å². The van der Waals surface area contributed by atoms with Crippen molar-refractivity contribution in [3.63, 3.8) is 0 Å². The van der Waals surface area contributed by atoms with Crippen molar-refractivity contribution < 1.29 is 9.53 Å². The van der Waals surface area contributed by atoms with Crippen LogP contribution in [0.3, 0.4) is 0 Å². The highest BCUT2D eigenvalue weighted by molar-refractivity contribution is 5.96. The average molecular weight is 260 g/mol. The molecule has 0 aliphatic heterocycles. The summed E-state index contributed by atoms with van der Waals surface area (Å²) >= 11 is 0. The minimum Gasteiger partial charge on any atom is -0.465 e. The molecule has 6 nitrogen and oxygen atoms in total. The lowest BCUT2D eigenvalue weighted by Gasteiger charge is -2.08. The molecule has 6 heteroatoms. The van der Waals surface area contributed by atoms with Crippen LogP contribution in [0.2, 0.25) is 0 Å². The third-order valence-electron chi connectivity index (χ3n) is 2.71. The van der Waals surface area contributed by atoms with Gasteiger partial charge >= 0.3 is 5.97 Å². The number of nitrogens with two attached hydrogens (primary N) is 1. The Kier molecular flexibility index (Phi) is 3.70. The molecule has 0 atom stereocenters. The third kappa shape index (κ3) is 3.04. The van der Waals surface area contributed by atoms with E-state index in [0.29, 0.717) is 17.8 Å². The minimum atomic E-state index is -0.442. The highest BCUT2D eigenvalue weighted by atomic mass is 16.5. The molecule has 0 spiro atoms. The van der Waals surface area contributed by atoms with E-state index in [2.05, 4.69) is 15.2 Å². The molecule has 0 radical (unpaired) electrons. The molecule has 0 saturated carbocycles. The number of benzene rings is 1. The summed E-state index contributed by atoms with van der Waals surface area (Å²) in [5.41, 5.74) is 8.35. The molecule has 2 rings (SSSR count). The van der Waals surface area contributed by atoms with Crippen LogP contribution in [0.1, 0.15) is 15.9 Å². The Hall–Kier alpha value is -2.50. The summed E-state index contributed by atoms with van der Waals surface area (Å²) < 4.78 is 6.41. The minimum absolute atomic E-state index is 0.360. The SMILES string of the molecule is COC(=O)c1cc(NCc2cnn(C)c2)ccc1N. The molecule has 19 heavy (non-hydrogen) atoms. The molecular weight excluding hydrogens is 244 g/mol. The second kappa shape index (κ2) is 5.43. The van der Waals surface area contributed by atoms with Crippen molar-refractivity contribution in [2.75, 3.05) is 18.2 Å². The van der Waals surface area contributed by atoms with Gasteiger partial charge in [0.15, 0.2) is 0 Å². The van der Waals surface area contributed by atoms with E-state index in [1.807, 2.05) is 19.3 Å². The fourth-order valence-corrected chi connectivity index (χ4v) is 1.72. The van der Waals surface area contributed by atoms with E-state index < -0.39 is 5.97 Å². The van der Waals surface area contributed by atoms with E-state index in [1.165, 1.54) is 7.11 Å². The summed E-state index contributed by atoms with van der Waals surface area (Å²) in [4.78, 5) is 11.5. The molecule has 100 valence electrons. The van der Waals surface area contributed by atoms with Gasteiger partial charge in [0.05, 0.1) is 18.9 Å². The number of esters is 1. The number of hydrogen-bond acceptors (Lipinski definition) is 5. The number of anilines is 2. The Morgan fingerprint density at radius 2 is 2.32 bits per heavy atom. The number of hydrogen-bond donors (Lipinski definition) is 2. The van der Waals surface area contributed by atoms with Crippen LogP contribution in [0.25, 0.3) is 0 Å². The summed E-state index contributed by atoms with van der Waals surface area (Å²) in [5.74, 6) is -0.442.